The van der Waals surface area contributed by atoms with E-state index in [2.05, 4.69) is 5.32 Å². The molecule has 1 aromatic carbocycles. The molecule has 1 aromatic heterocycles. The average molecular weight is 403 g/mol. The third kappa shape index (κ3) is 3.72. The Morgan fingerprint density at radius 2 is 2.12 bits per heavy atom. The molecule has 0 bridgehead atoms. The number of carbonyl (C=O) groups is 1. The van der Waals surface area contributed by atoms with Crippen LogP contribution in [0.5, 0.6) is 0 Å². The summed E-state index contributed by atoms with van der Waals surface area (Å²) in [4.78, 5) is 12.6. The van der Waals surface area contributed by atoms with Crippen molar-refractivity contribution in [2.45, 2.75) is 30.0 Å². The minimum atomic E-state index is -3.79. The number of anilines is 1. The molecule has 25 heavy (non-hydrogen) atoms. The molecule has 2 aromatic rings. The van der Waals surface area contributed by atoms with Crippen molar-refractivity contribution in [2.24, 2.45) is 0 Å². The Bertz CT molecular complexity index is 914. The lowest BCUT2D eigenvalue weighted by Crippen LogP contribution is -2.42. The number of hydrogen-bond acceptors (Lipinski definition) is 4. The van der Waals surface area contributed by atoms with Crippen LogP contribution in [0, 0.1) is 12.7 Å². The van der Waals surface area contributed by atoms with Gasteiger partial charge in [-0.3, -0.25) is 4.79 Å². The number of benzene rings is 1. The first-order valence-corrected chi connectivity index (χ1v) is 10.3. The van der Waals surface area contributed by atoms with Gasteiger partial charge in [0.05, 0.1) is 4.34 Å². The highest BCUT2D eigenvalue weighted by atomic mass is 35.5. The topological polar surface area (TPSA) is 66.5 Å². The molecule has 0 radical (unpaired) electrons. The van der Waals surface area contributed by atoms with Crippen molar-refractivity contribution < 1.29 is 17.6 Å². The monoisotopic (exact) mass is 402 g/mol. The standard InChI is InChI=1S/C16H16ClFN2O3S2/c1-10-4-5-11(18)9-12(10)19-16(21)13-3-2-8-20(13)25(22,23)15-7-6-14(17)24-15/h4-7,9,13H,2-3,8H2,1H3,(H,19,21)/t13-/m1/s1. The van der Waals surface area contributed by atoms with Crippen LogP contribution in [0.4, 0.5) is 10.1 Å². The van der Waals surface area contributed by atoms with Gasteiger partial charge in [-0.2, -0.15) is 4.31 Å². The van der Waals surface area contributed by atoms with Crippen molar-refractivity contribution in [1.82, 2.24) is 4.31 Å². The van der Waals surface area contributed by atoms with Crippen molar-refractivity contribution >= 4 is 44.6 Å². The van der Waals surface area contributed by atoms with Crippen LogP contribution in [0.25, 0.3) is 0 Å². The Balaban J connectivity index is 1.84. The number of thiophene rings is 1. The fourth-order valence-electron chi connectivity index (χ4n) is 2.79. The molecular formula is C16H16ClFN2O3S2. The summed E-state index contributed by atoms with van der Waals surface area (Å²) in [6.45, 7) is 2.00. The lowest BCUT2D eigenvalue weighted by molar-refractivity contribution is -0.119. The van der Waals surface area contributed by atoms with E-state index in [0.29, 0.717) is 28.4 Å². The molecule has 0 unspecified atom stereocenters. The molecular weight excluding hydrogens is 387 g/mol. The van der Waals surface area contributed by atoms with Gasteiger partial charge < -0.3 is 5.32 Å². The maximum absolute atomic E-state index is 13.4. The highest BCUT2D eigenvalue weighted by Crippen LogP contribution is 2.32. The highest BCUT2D eigenvalue weighted by Gasteiger charge is 2.40. The number of sulfonamides is 1. The summed E-state index contributed by atoms with van der Waals surface area (Å²) in [6.07, 6.45) is 0.997. The van der Waals surface area contributed by atoms with Crippen molar-refractivity contribution in [3.63, 3.8) is 0 Å². The fraction of sp³-hybridized carbons (Fsp3) is 0.312. The van der Waals surface area contributed by atoms with Gasteiger partial charge in [0.15, 0.2) is 0 Å². The second kappa shape index (κ2) is 7.03. The van der Waals surface area contributed by atoms with E-state index in [1.807, 2.05) is 0 Å². The van der Waals surface area contributed by atoms with Crippen LogP contribution in [0.1, 0.15) is 18.4 Å². The van der Waals surface area contributed by atoms with Gasteiger partial charge in [-0.15, -0.1) is 11.3 Å². The zero-order valence-corrected chi connectivity index (χ0v) is 15.7. The van der Waals surface area contributed by atoms with Crippen molar-refractivity contribution in [3.8, 4) is 0 Å². The molecule has 2 heterocycles. The molecule has 9 heteroatoms. The molecule has 1 fully saturated rings. The Hall–Kier alpha value is -1.48. The first-order chi connectivity index (χ1) is 11.8. The Kier molecular flexibility index (Phi) is 5.15. The number of nitrogens with zero attached hydrogens (tertiary/aromatic N) is 1. The predicted molar refractivity (Wildman–Crippen MR) is 96.0 cm³/mol. The van der Waals surface area contributed by atoms with Gasteiger partial charge in [0, 0.05) is 12.2 Å². The summed E-state index contributed by atoms with van der Waals surface area (Å²) in [5, 5.41) is 2.64. The van der Waals surface area contributed by atoms with Crippen LogP contribution in [0.2, 0.25) is 4.34 Å². The molecule has 1 N–H and O–H groups in total. The minimum Gasteiger partial charge on any atom is -0.324 e. The van der Waals surface area contributed by atoms with E-state index in [-0.39, 0.29) is 10.8 Å². The lowest BCUT2D eigenvalue weighted by Gasteiger charge is -2.23. The summed E-state index contributed by atoms with van der Waals surface area (Å²) in [6, 6.07) is 6.21. The van der Waals surface area contributed by atoms with Crippen LogP contribution in [-0.4, -0.2) is 31.2 Å². The summed E-state index contributed by atoms with van der Waals surface area (Å²) in [5.74, 6) is -0.928. The molecule has 1 atom stereocenters. The van der Waals surface area contributed by atoms with Gasteiger partial charge in [0.25, 0.3) is 10.0 Å². The number of halogens is 2. The largest absolute Gasteiger partial charge is 0.324 e. The van der Waals surface area contributed by atoms with Gasteiger partial charge in [0.2, 0.25) is 5.91 Å². The number of nitrogens with one attached hydrogen (secondary N) is 1. The van der Waals surface area contributed by atoms with Gasteiger partial charge in [0.1, 0.15) is 16.1 Å². The van der Waals surface area contributed by atoms with E-state index in [1.54, 1.807) is 13.0 Å². The number of carbonyl (C=O) groups excluding carboxylic acids is 1. The Morgan fingerprint density at radius 1 is 1.36 bits per heavy atom. The number of amides is 1. The van der Waals surface area contributed by atoms with E-state index in [1.165, 1.54) is 28.6 Å². The van der Waals surface area contributed by atoms with E-state index >= 15 is 0 Å². The quantitative estimate of drug-likeness (QED) is 0.848. The minimum absolute atomic E-state index is 0.110. The normalized spacial score (nSPS) is 18.4. The van der Waals surface area contributed by atoms with Crippen LogP contribution < -0.4 is 5.32 Å². The average Bonchev–Trinajstić information content (AvgIpc) is 3.20. The summed E-state index contributed by atoms with van der Waals surface area (Å²) in [5.41, 5.74) is 1.04. The third-order valence-electron chi connectivity index (χ3n) is 4.08. The maximum atomic E-state index is 13.4. The third-order valence-corrected chi connectivity index (χ3v) is 7.68. The van der Waals surface area contributed by atoms with Crippen molar-refractivity contribution in [1.29, 1.82) is 0 Å². The Morgan fingerprint density at radius 3 is 2.80 bits per heavy atom. The number of rotatable bonds is 4. The summed E-state index contributed by atoms with van der Waals surface area (Å²) >= 11 is 6.79. The molecule has 0 aliphatic carbocycles. The highest BCUT2D eigenvalue weighted by molar-refractivity contribution is 7.91. The molecule has 1 amide bonds. The zero-order valence-electron chi connectivity index (χ0n) is 13.3. The molecule has 5 nitrogen and oxygen atoms in total. The molecule has 3 rings (SSSR count). The first kappa shape index (κ1) is 18.3. The van der Waals surface area contributed by atoms with Crippen molar-refractivity contribution in [2.75, 3.05) is 11.9 Å². The van der Waals surface area contributed by atoms with Gasteiger partial charge in [-0.1, -0.05) is 17.7 Å². The fourth-order valence-corrected chi connectivity index (χ4v) is 6.06. The molecule has 0 saturated carbocycles. The van der Waals surface area contributed by atoms with Gasteiger partial charge >= 0.3 is 0 Å². The van der Waals surface area contributed by atoms with Gasteiger partial charge in [-0.25, -0.2) is 12.8 Å². The molecule has 134 valence electrons. The predicted octanol–water partition coefficient (Wildman–Crippen LogP) is 3.64. The molecule has 0 spiro atoms. The zero-order chi connectivity index (χ0) is 18.2. The first-order valence-electron chi connectivity index (χ1n) is 7.63. The molecule has 1 saturated heterocycles. The Labute approximate surface area is 154 Å². The number of aryl methyl sites for hydroxylation is 1. The van der Waals surface area contributed by atoms with E-state index in [0.717, 1.165) is 11.3 Å². The lowest BCUT2D eigenvalue weighted by atomic mass is 10.1. The van der Waals surface area contributed by atoms with E-state index in [4.69, 9.17) is 11.6 Å². The number of hydrogen-bond donors (Lipinski definition) is 1. The van der Waals surface area contributed by atoms with Crippen LogP contribution in [0.3, 0.4) is 0 Å². The van der Waals surface area contributed by atoms with Crippen LogP contribution in [-0.2, 0) is 14.8 Å². The van der Waals surface area contributed by atoms with E-state index in [9.17, 15) is 17.6 Å². The smallest absolute Gasteiger partial charge is 0.253 e. The summed E-state index contributed by atoms with van der Waals surface area (Å²) in [7, 11) is -3.79. The second-order valence-electron chi connectivity index (χ2n) is 5.78. The summed E-state index contributed by atoms with van der Waals surface area (Å²) < 4.78 is 40.6. The van der Waals surface area contributed by atoms with E-state index < -0.39 is 27.8 Å². The molecule has 1 aliphatic rings. The van der Waals surface area contributed by atoms with Crippen LogP contribution in [0.15, 0.2) is 34.5 Å². The van der Waals surface area contributed by atoms with Crippen molar-refractivity contribution in [3.05, 3.63) is 46.0 Å². The van der Waals surface area contributed by atoms with Gasteiger partial charge in [-0.05, 0) is 49.6 Å². The SMILES string of the molecule is Cc1ccc(F)cc1NC(=O)[C@H]1CCCN1S(=O)(=O)c1ccc(Cl)s1. The maximum Gasteiger partial charge on any atom is 0.253 e. The molecule has 1 aliphatic heterocycles. The van der Waals surface area contributed by atoms with Crippen LogP contribution >= 0.6 is 22.9 Å². The second-order valence-corrected chi connectivity index (χ2v) is 9.61.